The van der Waals surface area contributed by atoms with Gasteiger partial charge in [-0.05, 0) is 41.8 Å². The van der Waals surface area contributed by atoms with Crippen LogP contribution >= 0.6 is 27.3 Å². The standard InChI is InChI=1S/C12H16BrNO2S/c1-2-16-10-4-3-5-14(7-10)12(15)9-6-11(13)17-8-9/h6,8,10H,2-5,7H2,1H3. The molecule has 1 fully saturated rings. The van der Waals surface area contributed by atoms with Crippen LogP contribution in [0, 0.1) is 0 Å². The lowest BCUT2D eigenvalue weighted by Crippen LogP contribution is -2.43. The minimum atomic E-state index is 0.122. The average molecular weight is 318 g/mol. The fourth-order valence-electron chi connectivity index (χ4n) is 2.10. The van der Waals surface area contributed by atoms with E-state index < -0.39 is 0 Å². The number of carbonyl (C=O) groups excluding carboxylic acids is 1. The number of thiophene rings is 1. The van der Waals surface area contributed by atoms with Gasteiger partial charge in [0.15, 0.2) is 0 Å². The fraction of sp³-hybridized carbons (Fsp3) is 0.583. The van der Waals surface area contributed by atoms with Crippen LogP contribution in [0.4, 0.5) is 0 Å². The van der Waals surface area contributed by atoms with Crippen LogP contribution in [-0.2, 0) is 4.74 Å². The van der Waals surface area contributed by atoms with Gasteiger partial charge in [-0.25, -0.2) is 0 Å². The zero-order valence-corrected chi connectivity index (χ0v) is 12.2. The highest BCUT2D eigenvalue weighted by atomic mass is 79.9. The van der Waals surface area contributed by atoms with E-state index in [9.17, 15) is 4.79 Å². The Bertz CT molecular complexity index is 392. The molecule has 1 unspecified atom stereocenters. The summed E-state index contributed by atoms with van der Waals surface area (Å²) in [5.74, 6) is 0.122. The molecule has 1 atom stereocenters. The number of rotatable bonds is 3. The average Bonchev–Trinajstić information content (AvgIpc) is 2.76. The molecule has 0 aromatic carbocycles. The first kappa shape index (κ1) is 13.1. The highest BCUT2D eigenvalue weighted by Crippen LogP contribution is 2.23. The second-order valence-electron chi connectivity index (χ2n) is 4.11. The third-order valence-electron chi connectivity index (χ3n) is 2.88. The lowest BCUT2D eigenvalue weighted by molar-refractivity contribution is 0.00726. The highest BCUT2D eigenvalue weighted by molar-refractivity contribution is 9.11. The molecule has 1 aliphatic rings. The minimum Gasteiger partial charge on any atom is -0.377 e. The Hall–Kier alpha value is -0.390. The molecule has 1 aromatic heterocycles. The number of ether oxygens (including phenoxy) is 1. The lowest BCUT2D eigenvalue weighted by atomic mass is 10.1. The fourth-order valence-corrected chi connectivity index (χ4v) is 3.23. The maximum Gasteiger partial charge on any atom is 0.254 e. The number of hydrogen-bond acceptors (Lipinski definition) is 3. The normalized spacial score (nSPS) is 20.6. The summed E-state index contributed by atoms with van der Waals surface area (Å²) in [6.07, 6.45) is 2.30. The summed E-state index contributed by atoms with van der Waals surface area (Å²) < 4.78 is 6.60. The second-order valence-corrected chi connectivity index (χ2v) is 6.40. The van der Waals surface area contributed by atoms with Gasteiger partial charge < -0.3 is 9.64 Å². The van der Waals surface area contributed by atoms with E-state index in [0.29, 0.717) is 0 Å². The van der Waals surface area contributed by atoms with Gasteiger partial charge in [0, 0.05) is 25.1 Å². The summed E-state index contributed by atoms with van der Waals surface area (Å²) in [6.45, 7) is 4.28. The number of amides is 1. The third kappa shape index (κ3) is 3.30. The molecule has 17 heavy (non-hydrogen) atoms. The van der Waals surface area contributed by atoms with Crippen LogP contribution in [0.3, 0.4) is 0 Å². The van der Waals surface area contributed by atoms with E-state index in [1.165, 1.54) is 0 Å². The van der Waals surface area contributed by atoms with Crippen molar-refractivity contribution in [3.63, 3.8) is 0 Å². The van der Waals surface area contributed by atoms with Gasteiger partial charge in [0.25, 0.3) is 5.91 Å². The maximum absolute atomic E-state index is 12.2. The van der Waals surface area contributed by atoms with E-state index in [4.69, 9.17) is 4.74 Å². The third-order valence-corrected chi connectivity index (χ3v) is 4.39. The van der Waals surface area contributed by atoms with Crippen LogP contribution in [0.15, 0.2) is 15.2 Å². The summed E-state index contributed by atoms with van der Waals surface area (Å²) in [5.41, 5.74) is 0.777. The molecule has 2 rings (SSSR count). The summed E-state index contributed by atoms with van der Waals surface area (Å²) >= 11 is 4.93. The van der Waals surface area contributed by atoms with Crippen LogP contribution in [-0.4, -0.2) is 36.6 Å². The van der Waals surface area contributed by atoms with Crippen LogP contribution < -0.4 is 0 Å². The Morgan fingerprint density at radius 2 is 2.53 bits per heavy atom. The van der Waals surface area contributed by atoms with Crippen LogP contribution in [0.25, 0.3) is 0 Å². The molecule has 0 spiro atoms. The zero-order chi connectivity index (χ0) is 12.3. The topological polar surface area (TPSA) is 29.5 Å². The molecule has 1 aliphatic heterocycles. The molecular formula is C12H16BrNO2S. The molecular weight excluding hydrogens is 302 g/mol. The SMILES string of the molecule is CCOC1CCCN(C(=O)c2csc(Br)c2)C1. The Balaban J connectivity index is 1.99. The maximum atomic E-state index is 12.2. The summed E-state index contributed by atoms with van der Waals surface area (Å²) in [6, 6.07) is 1.89. The van der Waals surface area contributed by atoms with Gasteiger partial charge in [0.1, 0.15) is 0 Å². The first-order chi connectivity index (χ1) is 8.20. The van der Waals surface area contributed by atoms with E-state index >= 15 is 0 Å². The molecule has 5 heteroatoms. The quantitative estimate of drug-likeness (QED) is 0.857. The number of nitrogens with zero attached hydrogens (tertiary/aromatic N) is 1. The van der Waals surface area contributed by atoms with Gasteiger partial charge in [-0.2, -0.15) is 0 Å². The number of hydrogen-bond donors (Lipinski definition) is 0. The van der Waals surface area contributed by atoms with E-state index in [1.807, 2.05) is 23.3 Å². The first-order valence-electron chi connectivity index (χ1n) is 5.85. The summed E-state index contributed by atoms with van der Waals surface area (Å²) in [7, 11) is 0. The van der Waals surface area contributed by atoms with Crippen molar-refractivity contribution in [1.29, 1.82) is 0 Å². The van der Waals surface area contributed by atoms with E-state index in [1.54, 1.807) is 11.3 Å². The summed E-state index contributed by atoms with van der Waals surface area (Å²) in [4.78, 5) is 14.1. The highest BCUT2D eigenvalue weighted by Gasteiger charge is 2.25. The monoisotopic (exact) mass is 317 g/mol. The van der Waals surface area contributed by atoms with E-state index in [0.717, 1.165) is 41.9 Å². The van der Waals surface area contributed by atoms with Gasteiger partial charge in [0.2, 0.25) is 0 Å². The molecule has 0 N–H and O–H groups in total. The number of halogens is 1. The molecule has 0 saturated carbocycles. The molecule has 1 amide bonds. The van der Waals surface area contributed by atoms with Crippen molar-refractivity contribution in [1.82, 2.24) is 4.90 Å². The Morgan fingerprint density at radius 3 is 3.18 bits per heavy atom. The number of piperidine rings is 1. The van der Waals surface area contributed by atoms with Crippen molar-refractivity contribution in [3.8, 4) is 0 Å². The van der Waals surface area contributed by atoms with E-state index in [2.05, 4.69) is 15.9 Å². The first-order valence-corrected chi connectivity index (χ1v) is 7.53. The van der Waals surface area contributed by atoms with Crippen molar-refractivity contribution in [2.24, 2.45) is 0 Å². The molecule has 2 heterocycles. The molecule has 94 valence electrons. The predicted octanol–water partition coefficient (Wildman–Crippen LogP) is 3.15. The zero-order valence-electron chi connectivity index (χ0n) is 9.82. The largest absolute Gasteiger partial charge is 0.377 e. The van der Waals surface area contributed by atoms with Crippen LogP contribution in [0.5, 0.6) is 0 Å². The molecule has 3 nitrogen and oxygen atoms in total. The Morgan fingerprint density at radius 1 is 1.71 bits per heavy atom. The summed E-state index contributed by atoms with van der Waals surface area (Å²) in [5, 5.41) is 1.90. The minimum absolute atomic E-state index is 0.122. The molecule has 1 saturated heterocycles. The van der Waals surface area contributed by atoms with Gasteiger partial charge in [0.05, 0.1) is 15.5 Å². The second kappa shape index (κ2) is 5.98. The van der Waals surface area contributed by atoms with E-state index in [-0.39, 0.29) is 12.0 Å². The van der Waals surface area contributed by atoms with Gasteiger partial charge in [-0.1, -0.05) is 0 Å². The van der Waals surface area contributed by atoms with Crippen molar-refractivity contribution in [2.75, 3.05) is 19.7 Å². The Kier molecular flexibility index (Phi) is 4.59. The van der Waals surface area contributed by atoms with Crippen LogP contribution in [0.1, 0.15) is 30.1 Å². The molecule has 0 aliphatic carbocycles. The lowest BCUT2D eigenvalue weighted by Gasteiger charge is -2.32. The van der Waals surface area contributed by atoms with Crippen LogP contribution in [0.2, 0.25) is 0 Å². The van der Waals surface area contributed by atoms with Crippen molar-refractivity contribution < 1.29 is 9.53 Å². The Labute approximate surface area is 114 Å². The number of carbonyl (C=O) groups is 1. The van der Waals surface area contributed by atoms with Crippen molar-refractivity contribution in [2.45, 2.75) is 25.9 Å². The molecule has 0 radical (unpaired) electrons. The van der Waals surface area contributed by atoms with Gasteiger partial charge >= 0.3 is 0 Å². The van der Waals surface area contributed by atoms with Gasteiger partial charge in [-0.3, -0.25) is 4.79 Å². The predicted molar refractivity (Wildman–Crippen MR) is 72.6 cm³/mol. The number of likely N-dealkylation sites (tertiary alicyclic amines) is 1. The van der Waals surface area contributed by atoms with Crippen molar-refractivity contribution >= 4 is 33.2 Å². The van der Waals surface area contributed by atoms with Crippen molar-refractivity contribution in [3.05, 3.63) is 20.8 Å². The molecule has 1 aromatic rings. The molecule has 0 bridgehead atoms. The smallest absolute Gasteiger partial charge is 0.254 e. The van der Waals surface area contributed by atoms with Gasteiger partial charge in [-0.15, -0.1) is 11.3 Å².